The molecule has 0 N–H and O–H groups in total. The molecule has 0 spiro atoms. The molecule has 1 heterocycles. The number of hydrogen-bond acceptors (Lipinski definition) is 1. The fourth-order valence-corrected chi connectivity index (χ4v) is 1.25. The number of benzene rings is 1. The van der Waals surface area contributed by atoms with Gasteiger partial charge in [-0.1, -0.05) is 31.4 Å². The molecule has 2 aromatic rings. The van der Waals surface area contributed by atoms with Crippen LogP contribution in [0, 0.1) is 0 Å². The average molecular weight is 155 g/mol. The maximum Gasteiger partial charge on any atom is 0.0774 e. The highest BCUT2D eigenvalue weighted by atomic mass is 14.6. The third-order valence-electron chi connectivity index (χ3n) is 1.98. The number of pyridine rings is 1. The fraction of sp³-hybridized carbons (Fsp3) is 0. The standard InChI is InChI=1S/C11H9N/c1-8-5-6-10-4-3-7-12-11(10)9(8)2/h3-7H,1-2H2. The van der Waals surface area contributed by atoms with Gasteiger partial charge >= 0.3 is 0 Å². The van der Waals surface area contributed by atoms with E-state index in [-0.39, 0.29) is 0 Å². The van der Waals surface area contributed by atoms with Crippen molar-refractivity contribution in [1.29, 1.82) is 0 Å². The first kappa shape index (κ1) is 7.04. The molecule has 0 aliphatic heterocycles. The van der Waals surface area contributed by atoms with Crippen molar-refractivity contribution >= 4 is 24.1 Å². The number of rotatable bonds is 0. The minimum absolute atomic E-state index is 0.924. The Bertz CT molecular complexity index is 514. The molecule has 0 aliphatic carbocycles. The number of nitrogens with zero attached hydrogens (tertiary/aromatic N) is 1. The SMILES string of the molecule is C=c1ccc2cccnc2c1=C. The van der Waals surface area contributed by atoms with E-state index in [1.807, 2.05) is 24.3 Å². The predicted octanol–water partition coefficient (Wildman–Crippen LogP) is 1.06. The van der Waals surface area contributed by atoms with Crippen LogP contribution >= 0.6 is 0 Å². The van der Waals surface area contributed by atoms with E-state index >= 15 is 0 Å². The Hall–Kier alpha value is -1.63. The summed E-state index contributed by atoms with van der Waals surface area (Å²) in [5.41, 5.74) is 0.949. The van der Waals surface area contributed by atoms with Crippen LogP contribution in [-0.4, -0.2) is 4.98 Å². The maximum atomic E-state index is 4.24. The zero-order chi connectivity index (χ0) is 8.55. The van der Waals surface area contributed by atoms with Gasteiger partial charge in [-0.3, -0.25) is 4.98 Å². The molecule has 0 aliphatic rings. The lowest BCUT2D eigenvalue weighted by molar-refractivity contribution is 1.39. The van der Waals surface area contributed by atoms with E-state index in [9.17, 15) is 0 Å². The summed E-state index contributed by atoms with van der Waals surface area (Å²) in [4.78, 5) is 4.24. The molecule has 0 amide bonds. The first-order valence-electron chi connectivity index (χ1n) is 3.80. The molecule has 0 bridgehead atoms. The van der Waals surface area contributed by atoms with E-state index in [0.717, 1.165) is 21.3 Å². The van der Waals surface area contributed by atoms with Crippen LogP contribution in [0.2, 0.25) is 0 Å². The Morgan fingerprint density at radius 3 is 2.75 bits per heavy atom. The molecule has 1 aromatic heterocycles. The van der Waals surface area contributed by atoms with Crippen LogP contribution in [0.3, 0.4) is 0 Å². The van der Waals surface area contributed by atoms with Gasteiger partial charge in [-0.25, -0.2) is 0 Å². The fourth-order valence-electron chi connectivity index (χ4n) is 1.25. The van der Waals surface area contributed by atoms with Gasteiger partial charge in [0.15, 0.2) is 0 Å². The van der Waals surface area contributed by atoms with Gasteiger partial charge < -0.3 is 0 Å². The van der Waals surface area contributed by atoms with Gasteiger partial charge in [0.2, 0.25) is 0 Å². The second-order valence-corrected chi connectivity index (χ2v) is 2.78. The van der Waals surface area contributed by atoms with E-state index in [0.29, 0.717) is 0 Å². The summed E-state index contributed by atoms with van der Waals surface area (Å²) in [5.74, 6) is 0. The Morgan fingerprint density at radius 2 is 1.92 bits per heavy atom. The largest absolute Gasteiger partial charge is 0.256 e. The van der Waals surface area contributed by atoms with Gasteiger partial charge in [0.1, 0.15) is 0 Å². The van der Waals surface area contributed by atoms with Crippen LogP contribution in [0.4, 0.5) is 0 Å². The minimum atomic E-state index is 0.924. The third kappa shape index (κ3) is 0.909. The monoisotopic (exact) mass is 155 g/mol. The number of aromatic nitrogens is 1. The van der Waals surface area contributed by atoms with Crippen molar-refractivity contribution in [1.82, 2.24) is 4.98 Å². The first-order chi connectivity index (χ1) is 5.79. The van der Waals surface area contributed by atoms with Crippen molar-refractivity contribution in [3.63, 3.8) is 0 Å². The van der Waals surface area contributed by atoms with Gasteiger partial charge in [-0.05, 0) is 11.3 Å². The van der Waals surface area contributed by atoms with Crippen LogP contribution in [0.1, 0.15) is 0 Å². The number of fused-ring (bicyclic) bond motifs is 1. The smallest absolute Gasteiger partial charge is 0.0774 e. The lowest BCUT2D eigenvalue weighted by Crippen LogP contribution is -2.22. The van der Waals surface area contributed by atoms with Crippen molar-refractivity contribution < 1.29 is 0 Å². The molecular formula is C11H9N. The van der Waals surface area contributed by atoms with E-state index in [2.05, 4.69) is 18.1 Å². The summed E-state index contributed by atoms with van der Waals surface area (Å²) in [7, 11) is 0. The quantitative estimate of drug-likeness (QED) is 0.554. The highest BCUT2D eigenvalue weighted by molar-refractivity contribution is 5.78. The molecule has 0 atom stereocenters. The molecule has 1 heteroatoms. The lowest BCUT2D eigenvalue weighted by Gasteiger charge is -1.95. The highest BCUT2D eigenvalue weighted by Crippen LogP contribution is 2.01. The Balaban J connectivity index is 3.11. The van der Waals surface area contributed by atoms with Crippen molar-refractivity contribution in [2.45, 2.75) is 0 Å². The topological polar surface area (TPSA) is 12.9 Å². The average Bonchev–Trinajstić information content (AvgIpc) is 2.12. The van der Waals surface area contributed by atoms with Crippen LogP contribution in [-0.2, 0) is 0 Å². The van der Waals surface area contributed by atoms with Crippen LogP contribution in [0.15, 0.2) is 30.5 Å². The van der Waals surface area contributed by atoms with Crippen molar-refractivity contribution in [2.24, 2.45) is 0 Å². The van der Waals surface area contributed by atoms with E-state index in [1.54, 1.807) is 6.20 Å². The molecular weight excluding hydrogens is 146 g/mol. The molecule has 1 nitrogen and oxygen atoms in total. The van der Waals surface area contributed by atoms with Crippen LogP contribution in [0.25, 0.3) is 24.1 Å². The molecule has 0 saturated carbocycles. The second kappa shape index (κ2) is 2.45. The van der Waals surface area contributed by atoms with Crippen LogP contribution < -0.4 is 10.4 Å². The van der Waals surface area contributed by atoms with E-state index in [4.69, 9.17) is 0 Å². The second-order valence-electron chi connectivity index (χ2n) is 2.78. The summed E-state index contributed by atoms with van der Waals surface area (Å²) < 4.78 is 0. The Morgan fingerprint density at radius 1 is 1.08 bits per heavy atom. The van der Waals surface area contributed by atoms with E-state index in [1.165, 1.54) is 0 Å². The summed E-state index contributed by atoms with van der Waals surface area (Å²) in [6.07, 6.45) is 1.77. The summed E-state index contributed by atoms with van der Waals surface area (Å²) in [6, 6.07) is 7.92. The zero-order valence-corrected chi connectivity index (χ0v) is 6.75. The van der Waals surface area contributed by atoms with Crippen molar-refractivity contribution in [3.8, 4) is 0 Å². The first-order valence-corrected chi connectivity index (χ1v) is 3.80. The third-order valence-corrected chi connectivity index (χ3v) is 1.98. The predicted molar refractivity (Wildman–Crippen MR) is 52.0 cm³/mol. The summed E-state index contributed by atoms with van der Waals surface area (Å²) >= 11 is 0. The van der Waals surface area contributed by atoms with Crippen LogP contribution in [0.5, 0.6) is 0 Å². The van der Waals surface area contributed by atoms with Gasteiger partial charge in [0, 0.05) is 16.8 Å². The van der Waals surface area contributed by atoms with E-state index < -0.39 is 0 Å². The Labute approximate surface area is 70.7 Å². The minimum Gasteiger partial charge on any atom is -0.256 e. The van der Waals surface area contributed by atoms with Gasteiger partial charge in [-0.2, -0.15) is 0 Å². The lowest BCUT2D eigenvalue weighted by atomic mass is 10.1. The molecule has 0 unspecified atom stereocenters. The molecule has 0 fully saturated rings. The molecule has 12 heavy (non-hydrogen) atoms. The Kier molecular flexibility index (Phi) is 1.44. The van der Waals surface area contributed by atoms with Gasteiger partial charge in [0.05, 0.1) is 5.52 Å². The van der Waals surface area contributed by atoms with Crippen molar-refractivity contribution in [3.05, 3.63) is 40.9 Å². The highest BCUT2D eigenvalue weighted by Gasteiger charge is 1.92. The molecule has 0 saturated heterocycles. The summed E-state index contributed by atoms with van der Waals surface area (Å²) in [6.45, 7) is 7.79. The molecule has 0 radical (unpaired) electrons. The molecule has 58 valence electrons. The molecule has 2 rings (SSSR count). The van der Waals surface area contributed by atoms with Gasteiger partial charge in [0.25, 0.3) is 0 Å². The molecule has 1 aromatic carbocycles. The zero-order valence-electron chi connectivity index (χ0n) is 6.75. The number of hydrogen-bond donors (Lipinski definition) is 0. The van der Waals surface area contributed by atoms with Crippen molar-refractivity contribution in [2.75, 3.05) is 0 Å². The normalized spacial score (nSPS) is 10.3. The summed E-state index contributed by atoms with van der Waals surface area (Å²) in [5, 5.41) is 2.99. The maximum absolute atomic E-state index is 4.24. The van der Waals surface area contributed by atoms with Gasteiger partial charge in [-0.15, -0.1) is 0 Å².